The smallest absolute Gasteiger partial charge is 0.417 e. The Morgan fingerprint density at radius 1 is 1.55 bits per heavy atom. The van der Waals surface area contributed by atoms with E-state index in [1.165, 1.54) is 0 Å². The number of rotatable bonds is 1. The van der Waals surface area contributed by atoms with Gasteiger partial charge in [0.15, 0.2) is 0 Å². The van der Waals surface area contributed by atoms with Crippen LogP contribution in [0.25, 0.3) is 0 Å². The van der Waals surface area contributed by atoms with Crippen molar-refractivity contribution in [3.63, 3.8) is 0 Å². The van der Waals surface area contributed by atoms with E-state index in [0.29, 0.717) is 0 Å². The third-order valence-corrected chi connectivity index (χ3v) is 3.11. The van der Waals surface area contributed by atoms with Gasteiger partial charge in [-0.3, -0.25) is 21.5 Å². The summed E-state index contributed by atoms with van der Waals surface area (Å²) in [6, 6.07) is 0.741. The van der Waals surface area contributed by atoms with Crippen LogP contribution in [0, 0.1) is 5.75 Å². The molecule has 1 aliphatic rings. The molecule has 0 aromatic carbocycles. The molecule has 1 aliphatic heterocycles. The minimum absolute atomic E-state index is 0. The molecule has 1 radical (unpaired) electrons. The van der Waals surface area contributed by atoms with E-state index in [2.05, 4.69) is 9.98 Å². The Labute approximate surface area is 130 Å². The maximum absolute atomic E-state index is 12.7. The molecule has 1 aromatic rings. The van der Waals surface area contributed by atoms with Gasteiger partial charge >= 0.3 is 6.18 Å². The summed E-state index contributed by atoms with van der Waals surface area (Å²) in [6.45, 7) is 1.73. The van der Waals surface area contributed by atoms with Crippen molar-refractivity contribution in [1.29, 1.82) is 0 Å². The second-order valence-electron chi connectivity index (χ2n) is 3.68. The second-order valence-corrected chi connectivity index (χ2v) is 4.54. The molecule has 4 nitrogen and oxygen atoms in total. The van der Waals surface area contributed by atoms with Crippen molar-refractivity contribution in [2.75, 3.05) is 0 Å². The average Bonchev–Trinajstić information content (AvgIpc) is 2.73. The van der Waals surface area contributed by atoms with Crippen LogP contribution in [0.15, 0.2) is 23.5 Å². The fourth-order valence-electron chi connectivity index (χ4n) is 1.38. The molecule has 1 fully saturated rings. The average molecular weight is 392 g/mol. The molecule has 1 aromatic heterocycles. The summed E-state index contributed by atoms with van der Waals surface area (Å²) in [6.07, 6.45) is -3.03. The Hall–Kier alpha value is -0.947. The van der Waals surface area contributed by atoms with Crippen LogP contribution in [0.1, 0.15) is 22.8 Å². The van der Waals surface area contributed by atoms with Crippen molar-refractivity contribution in [3.8, 4) is 0 Å². The molecular formula is C11H8F3N2O2RhS-. The summed E-state index contributed by atoms with van der Waals surface area (Å²) >= 11 is 1.07. The molecule has 1 unspecified atom stereocenters. The van der Waals surface area contributed by atoms with Crippen LogP contribution >= 0.6 is 11.8 Å². The maximum Gasteiger partial charge on any atom is 0.417 e. The fraction of sp³-hybridized carbons (Fsp3) is 0.273. The predicted molar refractivity (Wildman–Crippen MR) is 63.4 cm³/mol. The Morgan fingerprint density at radius 3 is 2.80 bits per heavy atom. The van der Waals surface area contributed by atoms with Gasteiger partial charge in [-0.15, -0.1) is 0 Å². The van der Waals surface area contributed by atoms with Crippen molar-refractivity contribution in [2.24, 2.45) is 4.99 Å². The van der Waals surface area contributed by atoms with Gasteiger partial charge in [0, 0.05) is 31.9 Å². The van der Waals surface area contributed by atoms with E-state index in [-0.39, 0.29) is 30.8 Å². The molecule has 0 saturated carbocycles. The van der Waals surface area contributed by atoms with Crippen LogP contribution in [0.4, 0.5) is 13.2 Å². The zero-order valence-corrected chi connectivity index (χ0v) is 12.4. The molecule has 20 heavy (non-hydrogen) atoms. The predicted octanol–water partition coefficient (Wildman–Crippen LogP) is 2.91. The zero-order valence-electron chi connectivity index (χ0n) is 9.97. The minimum atomic E-state index is -4.63. The number of aromatic nitrogens is 1. The summed E-state index contributed by atoms with van der Waals surface area (Å²) in [5.74, 6) is 0.658. The first-order chi connectivity index (χ1) is 8.88. The molecular weight excluding hydrogens is 384 g/mol. The molecule has 0 N–H and O–H groups in total. The van der Waals surface area contributed by atoms with Gasteiger partial charge in [0.25, 0.3) is 5.91 Å². The van der Waals surface area contributed by atoms with E-state index in [9.17, 15) is 18.0 Å². The summed E-state index contributed by atoms with van der Waals surface area (Å²) < 4.78 is 43.3. The standard InChI is InChI=1S/C11H8F3N2O2S.Rh/c1-6-5-19-10(18-6)16-9(17)7-4-15-3-2-8(7)11(12,13)14;/h2-6H,1H3;/q-1;. The first kappa shape index (κ1) is 17.1. The first-order valence-corrected chi connectivity index (χ1v) is 6.07. The third kappa shape index (κ3) is 4.02. The van der Waals surface area contributed by atoms with Gasteiger partial charge in [0.05, 0.1) is 11.1 Å². The number of carbonyl (C=O) groups excluding carboxylic acids is 1. The number of halogens is 3. The summed E-state index contributed by atoms with van der Waals surface area (Å²) in [7, 11) is 0. The number of hydrogen-bond donors (Lipinski definition) is 0. The summed E-state index contributed by atoms with van der Waals surface area (Å²) in [4.78, 5) is 18.8. The Balaban J connectivity index is 0.00000200. The normalized spacial score (nSPS) is 20.4. The Morgan fingerprint density at radius 2 is 2.25 bits per heavy atom. The monoisotopic (exact) mass is 392 g/mol. The second kappa shape index (κ2) is 6.67. The number of nitrogens with zero attached hydrogens (tertiary/aromatic N) is 2. The molecule has 9 heteroatoms. The number of ether oxygens (including phenoxy) is 1. The van der Waals surface area contributed by atoms with Gasteiger partial charge < -0.3 is 4.74 Å². The van der Waals surface area contributed by atoms with Gasteiger partial charge in [-0.05, 0) is 12.2 Å². The molecule has 1 amide bonds. The zero-order chi connectivity index (χ0) is 14.0. The SMILES string of the molecule is CC1[CH-]SC(=NC(=O)c2cnccc2C(F)(F)F)O1.[Rh]. The number of alkyl halides is 3. The van der Waals surface area contributed by atoms with E-state index in [0.717, 1.165) is 30.2 Å². The number of aliphatic imine (C=N–C) groups is 1. The van der Waals surface area contributed by atoms with Crippen molar-refractivity contribution < 1.29 is 42.2 Å². The number of pyridine rings is 1. The van der Waals surface area contributed by atoms with Crippen LogP contribution in [-0.4, -0.2) is 22.2 Å². The molecule has 2 rings (SSSR count). The van der Waals surface area contributed by atoms with Gasteiger partial charge in [-0.2, -0.15) is 18.2 Å². The van der Waals surface area contributed by atoms with E-state index < -0.39 is 23.2 Å². The number of amides is 1. The number of carbonyl (C=O) groups is 1. The van der Waals surface area contributed by atoms with E-state index in [1.54, 1.807) is 12.7 Å². The summed E-state index contributed by atoms with van der Waals surface area (Å²) in [5, 5.41) is 0.0366. The first-order valence-electron chi connectivity index (χ1n) is 5.19. The minimum Gasteiger partial charge on any atom is -0.504 e. The van der Waals surface area contributed by atoms with Gasteiger partial charge in [0.1, 0.15) is 0 Å². The number of thioether (sulfide) groups is 1. The molecule has 1 atom stereocenters. The van der Waals surface area contributed by atoms with Gasteiger partial charge in [-0.25, -0.2) is 5.75 Å². The largest absolute Gasteiger partial charge is 0.504 e. The molecule has 2 heterocycles. The van der Waals surface area contributed by atoms with Crippen LogP contribution in [0.5, 0.6) is 0 Å². The molecule has 111 valence electrons. The topological polar surface area (TPSA) is 51.5 Å². The van der Waals surface area contributed by atoms with Crippen LogP contribution in [0.2, 0.25) is 0 Å². The van der Waals surface area contributed by atoms with E-state index in [1.807, 2.05) is 0 Å². The number of hydrogen-bond acceptors (Lipinski definition) is 4. The van der Waals surface area contributed by atoms with Gasteiger partial charge in [0.2, 0.25) is 5.23 Å². The maximum atomic E-state index is 12.7. The molecule has 1 saturated heterocycles. The van der Waals surface area contributed by atoms with E-state index >= 15 is 0 Å². The van der Waals surface area contributed by atoms with Crippen LogP contribution in [-0.2, 0) is 30.4 Å². The Kier molecular flexibility index (Phi) is 5.71. The van der Waals surface area contributed by atoms with Crippen molar-refractivity contribution >= 4 is 22.9 Å². The van der Waals surface area contributed by atoms with Crippen LogP contribution < -0.4 is 0 Å². The van der Waals surface area contributed by atoms with E-state index in [4.69, 9.17) is 4.74 Å². The molecule has 0 aliphatic carbocycles. The molecule has 0 bridgehead atoms. The quantitative estimate of drug-likeness (QED) is 0.545. The van der Waals surface area contributed by atoms with Crippen LogP contribution in [0.3, 0.4) is 0 Å². The van der Waals surface area contributed by atoms with Crippen molar-refractivity contribution in [2.45, 2.75) is 19.2 Å². The summed E-state index contributed by atoms with van der Waals surface area (Å²) in [5.41, 5.74) is -1.65. The Bertz CT molecular complexity index is 537. The van der Waals surface area contributed by atoms with Gasteiger partial charge in [-0.1, -0.05) is 6.92 Å². The fourth-order valence-corrected chi connectivity index (χ4v) is 2.08. The molecule has 0 spiro atoms. The third-order valence-electron chi connectivity index (χ3n) is 2.20. The van der Waals surface area contributed by atoms with Crippen molar-refractivity contribution in [1.82, 2.24) is 4.98 Å². The van der Waals surface area contributed by atoms with Crippen molar-refractivity contribution in [3.05, 3.63) is 35.3 Å².